The van der Waals surface area contributed by atoms with Gasteiger partial charge in [-0.1, -0.05) is 6.92 Å². The van der Waals surface area contributed by atoms with Crippen LogP contribution in [0.4, 0.5) is 5.69 Å². The van der Waals surface area contributed by atoms with Gasteiger partial charge in [0.2, 0.25) is 0 Å². The maximum Gasteiger partial charge on any atom is 0.318 e. The second kappa shape index (κ2) is 3.66. The lowest BCUT2D eigenvalue weighted by Crippen LogP contribution is -2.46. The summed E-state index contributed by atoms with van der Waals surface area (Å²) in [4.78, 5) is 15.5. The van der Waals surface area contributed by atoms with Crippen LogP contribution < -0.4 is 4.48 Å². The number of nitrogens with zero attached hydrogens (tertiary/aromatic N) is 2. The zero-order valence-corrected chi connectivity index (χ0v) is 8.32. The van der Waals surface area contributed by atoms with Gasteiger partial charge in [0.15, 0.2) is 0 Å². The van der Waals surface area contributed by atoms with Gasteiger partial charge in [0.1, 0.15) is 5.69 Å². The quantitative estimate of drug-likeness (QED) is 0.645. The fraction of sp³-hybridized carbons (Fsp3) is 0.400. The van der Waals surface area contributed by atoms with E-state index in [4.69, 9.17) is 0 Å². The molecule has 3 heteroatoms. The molecule has 0 spiro atoms. The van der Waals surface area contributed by atoms with Crippen molar-refractivity contribution in [3.05, 3.63) is 24.5 Å². The van der Waals surface area contributed by atoms with E-state index in [1.54, 1.807) is 12.4 Å². The Morgan fingerprint density at radius 2 is 1.92 bits per heavy atom. The van der Waals surface area contributed by atoms with Gasteiger partial charge in [0.05, 0.1) is 20.5 Å². The molecule has 0 radical (unpaired) electrons. The van der Waals surface area contributed by atoms with Crippen LogP contribution in [0.5, 0.6) is 0 Å². The van der Waals surface area contributed by atoms with Crippen LogP contribution >= 0.6 is 0 Å². The molecule has 0 fully saturated rings. The lowest BCUT2D eigenvalue weighted by atomic mass is 10.3. The van der Waals surface area contributed by atoms with Crippen LogP contribution in [0.3, 0.4) is 0 Å². The molecule has 1 aromatic heterocycles. The van der Waals surface area contributed by atoms with Gasteiger partial charge in [0, 0.05) is 24.5 Å². The minimum Gasteiger partial charge on any atom is -0.264 e. The molecule has 1 rings (SSSR count). The Hall–Kier alpha value is -1.22. The van der Waals surface area contributed by atoms with Crippen LogP contribution in [0.15, 0.2) is 24.5 Å². The zero-order chi connectivity index (χ0) is 9.90. The topological polar surface area (TPSA) is 30.0 Å². The molecule has 0 saturated carbocycles. The molecular weight excluding hydrogens is 164 g/mol. The van der Waals surface area contributed by atoms with E-state index >= 15 is 0 Å². The van der Waals surface area contributed by atoms with Crippen molar-refractivity contribution in [1.29, 1.82) is 0 Å². The van der Waals surface area contributed by atoms with E-state index in [2.05, 4.69) is 4.98 Å². The Bertz CT molecular complexity index is 293. The first-order valence-corrected chi connectivity index (χ1v) is 4.37. The lowest BCUT2D eigenvalue weighted by Gasteiger charge is -2.25. The molecule has 0 aliphatic carbocycles. The summed E-state index contributed by atoms with van der Waals surface area (Å²) in [6.07, 6.45) is 3.96. The third-order valence-corrected chi connectivity index (χ3v) is 2.23. The Kier molecular flexibility index (Phi) is 2.78. The van der Waals surface area contributed by atoms with E-state index in [0.29, 0.717) is 10.9 Å². The lowest BCUT2D eigenvalue weighted by molar-refractivity contribution is -0.127. The van der Waals surface area contributed by atoms with Crippen molar-refractivity contribution in [2.45, 2.75) is 13.3 Å². The second-order valence-corrected chi connectivity index (χ2v) is 3.41. The number of aromatic nitrogens is 1. The van der Waals surface area contributed by atoms with Gasteiger partial charge in [-0.3, -0.25) is 4.98 Å². The number of quaternary nitrogens is 1. The van der Waals surface area contributed by atoms with E-state index in [0.717, 1.165) is 5.69 Å². The van der Waals surface area contributed by atoms with Crippen molar-refractivity contribution in [1.82, 2.24) is 9.47 Å². The Labute approximate surface area is 78.6 Å². The molecule has 0 N–H and O–H groups in total. The van der Waals surface area contributed by atoms with Gasteiger partial charge in [-0.25, -0.2) is 9.28 Å². The molecular formula is C10H15N2O+. The molecule has 1 amide bonds. The summed E-state index contributed by atoms with van der Waals surface area (Å²) in [5.41, 5.74) is 0.974. The molecule has 0 aromatic carbocycles. The van der Waals surface area contributed by atoms with E-state index < -0.39 is 0 Å². The summed E-state index contributed by atoms with van der Waals surface area (Å²) < 4.78 is 0.291. The van der Waals surface area contributed by atoms with Gasteiger partial charge >= 0.3 is 5.91 Å². The van der Waals surface area contributed by atoms with Gasteiger partial charge < -0.3 is 0 Å². The van der Waals surface area contributed by atoms with Crippen molar-refractivity contribution >= 4 is 11.6 Å². The summed E-state index contributed by atoms with van der Waals surface area (Å²) in [6, 6.07) is 3.74. The van der Waals surface area contributed by atoms with Crippen molar-refractivity contribution in [2.75, 3.05) is 14.1 Å². The summed E-state index contributed by atoms with van der Waals surface area (Å²) >= 11 is 0. The Morgan fingerprint density at radius 1 is 1.38 bits per heavy atom. The number of hydrogen-bond donors (Lipinski definition) is 0. The van der Waals surface area contributed by atoms with Crippen LogP contribution in [0.25, 0.3) is 0 Å². The predicted octanol–water partition coefficient (Wildman–Crippen LogP) is 1.59. The molecule has 0 atom stereocenters. The van der Waals surface area contributed by atoms with Crippen molar-refractivity contribution < 1.29 is 4.79 Å². The summed E-state index contributed by atoms with van der Waals surface area (Å²) in [7, 11) is 3.78. The van der Waals surface area contributed by atoms with Crippen LogP contribution in [0.1, 0.15) is 13.3 Å². The molecule has 1 heterocycles. The molecule has 0 aliphatic rings. The Balaban J connectivity index is 3.00. The van der Waals surface area contributed by atoms with Crippen LogP contribution in [-0.4, -0.2) is 25.0 Å². The number of rotatable bonds is 2. The number of hydrogen-bond acceptors (Lipinski definition) is 2. The average molecular weight is 179 g/mol. The first kappa shape index (κ1) is 9.86. The van der Waals surface area contributed by atoms with Crippen LogP contribution in [0.2, 0.25) is 0 Å². The Morgan fingerprint density at radius 3 is 2.38 bits per heavy atom. The maximum atomic E-state index is 11.6. The number of carbonyl (C=O) groups is 1. The monoisotopic (exact) mass is 179 g/mol. The first-order valence-electron chi connectivity index (χ1n) is 4.37. The SMILES string of the molecule is CCC(=O)[N+](C)(C)c1ccncc1. The molecule has 0 aliphatic heterocycles. The molecule has 1 aromatic rings. The largest absolute Gasteiger partial charge is 0.318 e. The highest BCUT2D eigenvalue weighted by molar-refractivity contribution is 5.87. The highest BCUT2D eigenvalue weighted by Gasteiger charge is 2.26. The summed E-state index contributed by atoms with van der Waals surface area (Å²) in [6.45, 7) is 1.88. The molecule has 0 saturated heterocycles. The highest BCUT2D eigenvalue weighted by Crippen LogP contribution is 2.18. The van der Waals surface area contributed by atoms with Gasteiger partial charge in [-0.2, -0.15) is 0 Å². The molecule has 3 nitrogen and oxygen atoms in total. The molecule has 0 unspecified atom stereocenters. The second-order valence-electron chi connectivity index (χ2n) is 3.41. The first-order chi connectivity index (χ1) is 6.09. The maximum absolute atomic E-state index is 11.6. The minimum atomic E-state index is 0.200. The normalized spacial score (nSPS) is 11.3. The number of pyridine rings is 1. The highest BCUT2D eigenvalue weighted by atomic mass is 16.2. The van der Waals surface area contributed by atoms with E-state index in [1.807, 2.05) is 33.2 Å². The van der Waals surface area contributed by atoms with Gasteiger partial charge in [0.25, 0.3) is 0 Å². The average Bonchev–Trinajstić information content (AvgIpc) is 2.18. The third-order valence-electron chi connectivity index (χ3n) is 2.23. The zero-order valence-electron chi connectivity index (χ0n) is 8.32. The number of carbonyl (C=O) groups excluding carboxylic acids is 1. The van der Waals surface area contributed by atoms with E-state index in [1.165, 1.54) is 0 Å². The molecule has 13 heavy (non-hydrogen) atoms. The smallest absolute Gasteiger partial charge is 0.264 e. The number of amides is 1. The summed E-state index contributed by atoms with van der Waals surface area (Å²) in [5, 5.41) is 0. The predicted molar refractivity (Wildman–Crippen MR) is 53.2 cm³/mol. The molecule has 70 valence electrons. The van der Waals surface area contributed by atoms with Crippen molar-refractivity contribution in [3.8, 4) is 0 Å². The van der Waals surface area contributed by atoms with Crippen molar-refractivity contribution in [3.63, 3.8) is 0 Å². The van der Waals surface area contributed by atoms with Crippen molar-refractivity contribution in [2.24, 2.45) is 0 Å². The van der Waals surface area contributed by atoms with Gasteiger partial charge in [-0.15, -0.1) is 0 Å². The molecule has 0 bridgehead atoms. The standard InChI is InChI=1S/C10H15N2O/c1-4-10(13)12(2,3)9-5-7-11-8-6-9/h5-8H,4H2,1-3H3/q+1. The minimum absolute atomic E-state index is 0.200. The fourth-order valence-corrected chi connectivity index (χ4v) is 1.26. The summed E-state index contributed by atoms with van der Waals surface area (Å²) in [5.74, 6) is 0.200. The van der Waals surface area contributed by atoms with Crippen LogP contribution in [0, 0.1) is 0 Å². The van der Waals surface area contributed by atoms with Crippen LogP contribution in [-0.2, 0) is 4.79 Å². The van der Waals surface area contributed by atoms with E-state index in [9.17, 15) is 4.79 Å². The van der Waals surface area contributed by atoms with E-state index in [-0.39, 0.29) is 5.91 Å². The fourth-order valence-electron chi connectivity index (χ4n) is 1.26. The van der Waals surface area contributed by atoms with Gasteiger partial charge in [-0.05, 0) is 0 Å². The third kappa shape index (κ3) is 1.92.